The molecule has 1 unspecified atom stereocenters. The third-order valence-electron chi connectivity index (χ3n) is 1.99. The molecule has 0 bridgehead atoms. The van der Waals surface area contributed by atoms with Crippen LogP contribution in [0.5, 0.6) is 0 Å². The summed E-state index contributed by atoms with van der Waals surface area (Å²) in [5.74, 6) is 0.623. The predicted octanol–water partition coefficient (Wildman–Crippen LogP) is 2.76. The summed E-state index contributed by atoms with van der Waals surface area (Å²) in [5.41, 5.74) is 1.08. The Kier molecular flexibility index (Phi) is 3.13. The lowest BCUT2D eigenvalue weighted by atomic mass is 10.1. The molecule has 0 aliphatic heterocycles. The van der Waals surface area contributed by atoms with Crippen molar-refractivity contribution in [3.05, 3.63) is 35.2 Å². The highest BCUT2D eigenvalue weighted by molar-refractivity contribution is 6.99. The van der Waals surface area contributed by atoms with Crippen LogP contribution in [0.4, 0.5) is 5.82 Å². The number of anilines is 1. The Bertz CT molecular complexity index is 431. The van der Waals surface area contributed by atoms with Gasteiger partial charge in [0.05, 0.1) is 17.8 Å². The van der Waals surface area contributed by atoms with Gasteiger partial charge in [0.25, 0.3) is 0 Å². The monoisotopic (exact) mass is 240 g/mol. The molecule has 0 saturated heterocycles. The van der Waals surface area contributed by atoms with E-state index in [1.807, 2.05) is 25.3 Å². The van der Waals surface area contributed by atoms with Crippen LogP contribution >= 0.6 is 23.3 Å². The average molecular weight is 241 g/mol. The van der Waals surface area contributed by atoms with Crippen LogP contribution in [0.25, 0.3) is 0 Å². The molecule has 15 heavy (non-hydrogen) atoms. The molecule has 2 aromatic heterocycles. The summed E-state index contributed by atoms with van der Waals surface area (Å²) in [7, 11) is 0. The van der Waals surface area contributed by atoms with E-state index in [-0.39, 0.29) is 6.04 Å². The molecule has 0 aliphatic rings. The summed E-state index contributed by atoms with van der Waals surface area (Å²) < 4.78 is 7.93. The first-order valence-corrected chi connectivity index (χ1v) is 5.52. The lowest BCUT2D eigenvalue weighted by Gasteiger charge is -2.12. The first kappa shape index (κ1) is 10.3. The maximum absolute atomic E-state index is 5.83. The highest BCUT2D eigenvalue weighted by atomic mass is 35.5. The molecular weight excluding hydrogens is 232 g/mol. The fraction of sp³-hybridized carbons (Fsp3) is 0.222. The highest BCUT2D eigenvalue weighted by Gasteiger charge is 2.10. The smallest absolute Gasteiger partial charge is 0.186 e. The summed E-state index contributed by atoms with van der Waals surface area (Å²) in [4.78, 5) is 4.05. The first-order valence-electron chi connectivity index (χ1n) is 4.42. The minimum absolute atomic E-state index is 0.111. The highest BCUT2D eigenvalue weighted by Crippen LogP contribution is 2.23. The molecule has 0 aromatic carbocycles. The van der Waals surface area contributed by atoms with Crippen LogP contribution in [0, 0.1) is 0 Å². The SMILES string of the molecule is CC(Nc1nsnc1Cl)c1cccnc1. The molecule has 0 radical (unpaired) electrons. The molecular formula is C9H9ClN4S. The van der Waals surface area contributed by atoms with Crippen molar-refractivity contribution in [2.24, 2.45) is 0 Å². The van der Waals surface area contributed by atoms with Crippen LogP contribution in [0.1, 0.15) is 18.5 Å². The second-order valence-electron chi connectivity index (χ2n) is 3.06. The lowest BCUT2D eigenvalue weighted by molar-refractivity contribution is 0.870. The van der Waals surface area contributed by atoms with E-state index in [2.05, 4.69) is 19.0 Å². The zero-order chi connectivity index (χ0) is 10.7. The topological polar surface area (TPSA) is 50.7 Å². The van der Waals surface area contributed by atoms with Gasteiger partial charge in [0.2, 0.25) is 0 Å². The molecule has 0 spiro atoms. The first-order chi connectivity index (χ1) is 7.27. The van der Waals surface area contributed by atoms with Gasteiger partial charge in [-0.15, -0.1) is 0 Å². The maximum Gasteiger partial charge on any atom is 0.186 e. The second kappa shape index (κ2) is 4.55. The molecule has 2 heterocycles. The van der Waals surface area contributed by atoms with Gasteiger partial charge < -0.3 is 5.32 Å². The van der Waals surface area contributed by atoms with Crippen LogP contribution in [0.15, 0.2) is 24.5 Å². The van der Waals surface area contributed by atoms with Gasteiger partial charge in [-0.1, -0.05) is 17.7 Å². The van der Waals surface area contributed by atoms with Gasteiger partial charge in [-0.05, 0) is 18.6 Å². The number of rotatable bonds is 3. The minimum Gasteiger partial charge on any atom is -0.360 e. The van der Waals surface area contributed by atoms with Gasteiger partial charge in [-0.2, -0.15) is 8.75 Å². The van der Waals surface area contributed by atoms with E-state index in [9.17, 15) is 0 Å². The minimum atomic E-state index is 0.111. The Balaban J connectivity index is 2.11. The molecule has 0 aliphatic carbocycles. The molecule has 6 heteroatoms. The quantitative estimate of drug-likeness (QED) is 0.896. The Morgan fingerprint density at radius 2 is 2.33 bits per heavy atom. The third-order valence-corrected chi connectivity index (χ3v) is 2.88. The number of halogens is 1. The lowest BCUT2D eigenvalue weighted by Crippen LogP contribution is -2.07. The van der Waals surface area contributed by atoms with Crippen molar-refractivity contribution in [2.75, 3.05) is 5.32 Å². The van der Waals surface area contributed by atoms with Crippen LogP contribution in [0.3, 0.4) is 0 Å². The van der Waals surface area contributed by atoms with Crippen molar-refractivity contribution in [3.63, 3.8) is 0 Å². The summed E-state index contributed by atoms with van der Waals surface area (Å²) in [6, 6.07) is 4.01. The van der Waals surface area contributed by atoms with E-state index in [1.54, 1.807) is 6.20 Å². The number of hydrogen-bond donors (Lipinski definition) is 1. The fourth-order valence-electron chi connectivity index (χ4n) is 1.18. The Labute approximate surface area is 96.7 Å². The van der Waals surface area contributed by atoms with Crippen molar-refractivity contribution in [1.82, 2.24) is 13.7 Å². The van der Waals surface area contributed by atoms with Gasteiger partial charge in [0.15, 0.2) is 11.0 Å². The molecule has 2 aromatic rings. The van der Waals surface area contributed by atoms with Crippen LogP contribution in [-0.4, -0.2) is 13.7 Å². The Morgan fingerprint density at radius 3 is 2.93 bits per heavy atom. The standard InChI is InChI=1S/C9H9ClN4S/c1-6(7-3-2-4-11-5-7)12-9-8(10)13-15-14-9/h2-6H,1H3,(H,12,14). The van der Waals surface area contributed by atoms with E-state index in [4.69, 9.17) is 11.6 Å². The molecule has 1 atom stereocenters. The third kappa shape index (κ3) is 2.43. The molecule has 0 saturated carbocycles. The van der Waals surface area contributed by atoms with Crippen LogP contribution in [0.2, 0.25) is 5.15 Å². The van der Waals surface area contributed by atoms with E-state index >= 15 is 0 Å². The van der Waals surface area contributed by atoms with Crippen LogP contribution < -0.4 is 5.32 Å². The van der Waals surface area contributed by atoms with Crippen molar-refractivity contribution >= 4 is 29.1 Å². The molecule has 1 N–H and O–H groups in total. The maximum atomic E-state index is 5.83. The van der Waals surface area contributed by atoms with Crippen molar-refractivity contribution in [3.8, 4) is 0 Å². The normalized spacial score (nSPS) is 12.4. The van der Waals surface area contributed by atoms with Gasteiger partial charge in [0.1, 0.15) is 0 Å². The van der Waals surface area contributed by atoms with Crippen LogP contribution in [-0.2, 0) is 0 Å². The predicted molar refractivity (Wildman–Crippen MR) is 61.2 cm³/mol. The summed E-state index contributed by atoms with van der Waals surface area (Å²) in [6.45, 7) is 2.02. The summed E-state index contributed by atoms with van der Waals surface area (Å²) in [5, 5.41) is 3.58. The number of pyridine rings is 1. The largest absolute Gasteiger partial charge is 0.360 e. The van der Waals surface area contributed by atoms with E-state index in [1.165, 1.54) is 0 Å². The second-order valence-corrected chi connectivity index (χ2v) is 3.94. The van der Waals surface area contributed by atoms with Crippen molar-refractivity contribution in [1.29, 1.82) is 0 Å². The van der Waals surface area contributed by atoms with Crippen molar-refractivity contribution in [2.45, 2.75) is 13.0 Å². The van der Waals surface area contributed by atoms with Gasteiger partial charge >= 0.3 is 0 Å². The van der Waals surface area contributed by atoms with E-state index < -0.39 is 0 Å². The summed E-state index contributed by atoms with van der Waals surface area (Å²) in [6.07, 6.45) is 3.55. The van der Waals surface area contributed by atoms with Crippen molar-refractivity contribution < 1.29 is 0 Å². The molecule has 78 valence electrons. The zero-order valence-electron chi connectivity index (χ0n) is 8.01. The van der Waals surface area contributed by atoms with E-state index in [0.717, 1.165) is 17.3 Å². The molecule has 4 nitrogen and oxygen atoms in total. The van der Waals surface area contributed by atoms with E-state index in [0.29, 0.717) is 11.0 Å². The number of hydrogen-bond acceptors (Lipinski definition) is 5. The average Bonchev–Trinajstić information content (AvgIpc) is 2.66. The molecule has 0 fully saturated rings. The summed E-state index contributed by atoms with van der Waals surface area (Å²) >= 11 is 6.92. The fourth-order valence-corrected chi connectivity index (χ4v) is 1.84. The van der Waals surface area contributed by atoms with Gasteiger partial charge in [-0.3, -0.25) is 4.98 Å². The molecule has 2 rings (SSSR count). The Morgan fingerprint density at radius 1 is 1.47 bits per heavy atom. The number of nitrogens with zero attached hydrogens (tertiary/aromatic N) is 3. The van der Waals surface area contributed by atoms with Gasteiger partial charge in [0, 0.05) is 12.4 Å². The number of aromatic nitrogens is 3. The Hall–Kier alpha value is -1.20. The molecule has 0 amide bonds. The van der Waals surface area contributed by atoms with Gasteiger partial charge in [-0.25, -0.2) is 0 Å². The number of nitrogens with one attached hydrogen (secondary N) is 1. The zero-order valence-corrected chi connectivity index (χ0v) is 9.59.